The number of nitrogens with zero attached hydrogens (tertiary/aromatic N) is 1. The van der Waals surface area contributed by atoms with E-state index < -0.39 is 6.04 Å². The Bertz CT molecular complexity index is 735. The van der Waals surface area contributed by atoms with Gasteiger partial charge < -0.3 is 15.0 Å². The van der Waals surface area contributed by atoms with Crippen molar-refractivity contribution in [3.8, 4) is 5.75 Å². The summed E-state index contributed by atoms with van der Waals surface area (Å²) < 4.78 is 18.7. The van der Waals surface area contributed by atoms with Gasteiger partial charge in [0.25, 0.3) is 5.91 Å². The van der Waals surface area contributed by atoms with Gasteiger partial charge in [-0.05, 0) is 43.2 Å². The summed E-state index contributed by atoms with van der Waals surface area (Å²) >= 11 is 0. The Morgan fingerprint density at radius 3 is 2.33 bits per heavy atom. The van der Waals surface area contributed by atoms with Gasteiger partial charge in [-0.3, -0.25) is 9.59 Å². The molecule has 0 unspecified atom stereocenters. The van der Waals surface area contributed by atoms with E-state index in [2.05, 4.69) is 5.32 Å². The van der Waals surface area contributed by atoms with Gasteiger partial charge >= 0.3 is 0 Å². The van der Waals surface area contributed by atoms with E-state index in [1.54, 1.807) is 24.3 Å². The van der Waals surface area contributed by atoms with Crippen LogP contribution in [0.5, 0.6) is 5.75 Å². The predicted octanol–water partition coefficient (Wildman–Crippen LogP) is 3.15. The highest BCUT2D eigenvalue weighted by molar-refractivity contribution is 5.88. The van der Waals surface area contributed by atoms with E-state index in [1.807, 2.05) is 32.0 Å². The number of para-hydroxylation sites is 1. The molecule has 2 amide bonds. The lowest BCUT2D eigenvalue weighted by Crippen LogP contribution is -2.50. The van der Waals surface area contributed by atoms with Gasteiger partial charge in [-0.2, -0.15) is 0 Å². The van der Waals surface area contributed by atoms with Gasteiger partial charge in [0, 0.05) is 13.1 Å². The summed E-state index contributed by atoms with van der Waals surface area (Å²) in [7, 11) is 0. The van der Waals surface area contributed by atoms with E-state index in [-0.39, 0.29) is 30.8 Å². The lowest BCUT2D eigenvalue weighted by atomic mass is 10.1. The average molecular weight is 372 g/mol. The molecule has 0 saturated heterocycles. The van der Waals surface area contributed by atoms with Crippen molar-refractivity contribution < 1.29 is 18.7 Å². The summed E-state index contributed by atoms with van der Waals surface area (Å²) in [6, 6.07) is 14.3. The third-order valence-corrected chi connectivity index (χ3v) is 4.11. The van der Waals surface area contributed by atoms with Crippen molar-refractivity contribution in [2.45, 2.75) is 32.9 Å². The molecule has 0 bridgehead atoms. The third kappa shape index (κ3) is 6.09. The van der Waals surface area contributed by atoms with Crippen molar-refractivity contribution in [3.05, 3.63) is 66.0 Å². The van der Waals surface area contributed by atoms with Crippen molar-refractivity contribution in [1.29, 1.82) is 0 Å². The molecule has 0 aliphatic rings. The minimum Gasteiger partial charge on any atom is -0.484 e. The highest BCUT2D eigenvalue weighted by Crippen LogP contribution is 2.14. The molecule has 0 saturated carbocycles. The zero-order valence-corrected chi connectivity index (χ0v) is 15.7. The zero-order valence-electron chi connectivity index (χ0n) is 15.7. The largest absolute Gasteiger partial charge is 0.484 e. The SMILES string of the molecule is CCNC(=O)[C@@H](CC)N(Cc1ccc(F)cc1)C(=O)COc1ccccc1. The van der Waals surface area contributed by atoms with Crippen LogP contribution in [0, 0.1) is 5.82 Å². The van der Waals surface area contributed by atoms with E-state index in [0.717, 1.165) is 5.56 Å². The number of rotatable bonds is 9. The van der Waals surface area contributed by atoms with Crippen molar-refractivity contribution in [2.24, 2.45) is 0 Å². The number of halogens is 1. The zero-order chi connectivity index (χ0) is 19.6. The molecule has 0 aliphatic heterocycles. The number of benzene rings is 2. The van der Waals surface area contributed by atoms with Crippen LogP contribution in [0.2, 0.25) is 0 Å². The smallest absolute Gasteiger partial charge is 0.261 e. The first-order valence-corrected chi connectivity index (χ1v) is 9.04. The van der Waals surface area contributed by atoms with Crippen molar-refractivity contribution in [1.82, 2.24) is 10.2 Å². The van der Waals surface area contributed by atoms with Crippen LogP contribution in [0.3, 0.4) is 0 Å². The molecule has 0 aromatic heterocycles. The second-order valence-electron chi connectivity index (χ2n) is 6.07. The van der Waals surface area contributed by atoms with Crippen LogP contribution in [0.25, 0.3) is 0 Å². The Morgan fingerprint density at radius 1 is 1.07 bits per heavy atom. The van der Waals surface area contributed by atoms with E-state index >= 15 is 0 Å². The number of hydrogen-bond acceptors (Lipinski definition) is 3. The molecule has 2 rings (SSSR count). The standard InChI is InChI=1S/C21H25FN2O3/c1-3-19(21(26)23-4-2)24(14-16-10-12-17(22)13-11-16)20(25)15-27-18-8-6-5-7-9-18/h5-13,19H,3-4,14-15H2,1-2H3,(H,23,26)/t19-/m1/s1. The highest BCUT2D eigenvalue weighted by Gasteiger charge is 2.28. The molecule has 0 spiro atoms. The van der Waals surface area contributed by atoms with Gasteiger partial charge in [-0.15, -0.1) is 0 Å². The number of nitrogens with one attached hydrogen (secondary N) is 1. The van der Waals surface area contributed by atoms with Crippen molar-refractivity contribution in [2.75, 3.05) is 13.2 Å². The first-order chi connectivity index (χ1) is 13.0. The molecule has 5 nitrogen and oxygen atoms in total. The number of amides is 2. The van der Waals surface area contributed by atoms with Gasteiger partial charge in [0.15, 0.2) is 6.61 Å². The maximum absolute atomic E-state index is 13.2. The fourth-order valence-corrected chi connectivity index (χ4v) is 2.74. The summed E-state index contributed by atoms with van der Waals surface area (Å²) in [4.78, 5) is 26.8. The van der Waals surface area contributed by atoms with Gasteiger partial charge in [0.1, 0.15) is 17.6 Å². The Labute approximate surface area is 159 Å². The molecule has 0 aliphatic carbocycles. The molecular weight excluding hydrogens is 347 g/mol. The van der Waals surface area contributed by atoms with Crippen molar-refractivity contribution in [3.63, 3.8) is 0 Å². The minimum absolute atomic E-state index is 0.179. The fourth-order valence-electron chi connectivity index (χ4n) is 2.74. The topological polar surface area (TPSA) is 58.6 Å². The molecule has 2 aromatic carbocycles. The van der Waals surface area contributed by atoms with Gasteiger partial charge in [0.05, 0.1) is 0 Å². The van der Waals surface area contributed by atoms with E-state index in [1.165, 1.54) is 17.0 Å². The molecule has 0 heterocycles. The molecule has 0 fully saturated rings. The van der Waals surface area contributed by atoms with Crippen LogP contribution in [0.1, 0.15) is 25.8 Å². The maximum Gasteiger partial charge on any atom is 0.261 e. The minimum atomic E-state index is -0.623. The summed E-state index contributed by atoms with van der Waals surface area (Å²) in [5.41, 5.74) is 0.743. The average Bonchev–Trinajstić information content (AvgIpc) is 2.68. The quantitative estimate of drug-likeness (QED) is 0.736. The number of carbonyl (C=O) groups excluding carboxylic acids is 2. The molecule has 1 N–H and O–H groups in total. The van der Waals surface area contributed by atoms with Crippen LogP contribution < -0.4 is 10.1 Å². The lowest BCUT2D eigenvalue weighted by Gasteiger charge is -2.30. The van der Waals surface area contributed by atoms with Crippen LogP contribution in [-0.2, 0) is 16.1 Å². The fraction of sp³-hybridized carbons (Fsp3) is 0.333. The molecule has 2 aromatic rings. The number of likely N-dealkylation sites (N-methyl/N-ethyl adjacent to an activating group) is 1. The highest BCUT2D eigenvalue weighted by atomic mass is 19.1. The van der Waals surface area contributed by atoms with Gasteiger partial charge in [-0.25, -0.2) is 4.39 Å². The normalized spacial score (nSPS) is 11.5. The maximum atomic E-state index is 13.2. The first kappa shape index (κ1) is 20.4. The summed E-state index contributed by atoms with van der Waals surface area (Å²) in [5, 5.41) is 2.77. The Kier molecular flexibility index (Phi) is 7.79. The molecular formula is C21H25FN2O3. The summed E-state index contributed by atoms with van der Waals surface area (Å²) in [5.74, 6) is -0.283. The van der Waals surface area contributed by atoms with E-state index in [0.29, 0.717) is 18.7 Å². The first-order valence-electron chi connectivity index (χ1n) is 9.04. The monoisotopic (exact) mass is 372 g/mol. The molecule has 1 atom stereocenters. The van der Waals surface area contributed by atoms with Gasteiger partial charge in [0.2, 0.25) is 5.91 Å². The summed E-state index contributed by atoms with van der Waals surface area (Å²) in [6.45, 7) is 4.18. The van der Waals surface area contributed by atoms with Gasteiger partial charge in [-0.1, -0.05) is 37.3 Å². The number of ether oxygens (including phenoxy) is 1. The molecule has 0 radical (unpaired) electrons. The molecule has 6 heteroatoms. The van der Waals surface area contributed by atoms with E-state index in [4.69, 9.17) is 4.74 Å². The Hall–Kier alpha value is -2.89. The lowest BCUT2D eigenvalue weighted by molar-refractivity contribution is -0.142. The van der Waals surface area contributed by atoms with Crippen LogP contribution in [0.15, 0.2) is 54.6 Å². The third-order valence-electron chi connectivity index (χ3n) is 4.11. The van der Waals surface area contributed by atoms with Crippen molar-refractivity contribution >= 4 is 11.8 Å². The Morgan fingerprint density at radius 2 is 1.74 bits per heavy atom. The van der Waals surface area contributed by atoms with Crippen LogP contribution >= 0.6 is 0 Å². The molecule has 144 valence electrons. The predicted molar refractivity (Wildman–Crippen MR) is 102 cm³/mol. The number of hydrogen-bond donors (Lipinski definition) is 1. The van der Waals surface area contributed by atoms with E-state index in [9.17, 15) is 14.0 Å². The van der Waals surface area contributed by atoms with Crippen LogP contribution in [0.4, 0.5) is 4.39 Å². The second kappa shape index (κ2) is 10.3. The number of carbonyl (C=O) groups is 2. The van der Waals surface area contributed by atoms with Crippen LogP contribution in [-0.4, -0.2) is 35.9 Å². The second-order valence-corrected chi connectivity index (χ2v) is 6.07. The summed E-state index contributed by atoms with van der Waals surface area (Å²) in [6.07, 6.45) is 0.462. The molecule has 27 heavy (non-hydrogen) atoms. The Balaban J connectivity index is 2.17.